The van der Waals surface area contributed by atoms with E-state index >= 15 is 0 Å². The number of aromatic nitrogens is 1. The molecule has 0 fully saturated rings. The number of nitrogens with zero attached hydrogens (tertiary/aromatic N) is 1. The molecular weight excluding hydrogens is 165 g/mol. The summed E-state index contributed by atoms with van der Waals surface area (Å²) in [6, 6.07) is 3.17. The molecule has 0 atom stereocenters. The highest BCUT2D eigenvalue weighted by atomic mass is 17.3. The van der Waals surface area contributed by atoms with Crippen LogP contribution in [0.1, 0.15) is 0 Å². The molecule has 1 aromatic heterocycles. The van der Waals surface area contributed by atoms with Crippen molar-refractivity contribution in [1.29, 1.82) is 0 Å². The van der Waals surface area contributed by atoms with Crippen LogP contribution in [0.4, 0.5) is 0 Å². The second-order valence-electron chi connectivity index (χ2n) is 1.78. The van der Waals surface area contributed by atoms with E-state index in [4.69, 9.17) is 10.3 Å². The van der Waals surface area contributed by atoms with Gasteiger partial charge in [-0.25, -0.2) is 4.81 Å². The minimum absolute atomic E-state index is 0.286. The van der Waals surface area contributed by atoms with E-state index in [9.17, 15) is 0 Å². The van der Waals surface area contributed by atoms with Crippen LogP contribution >= 0.6 is 0 Å². The molecule has 0 aliphatic heterocycles. The maximum absolute atomic E-state index is 8.48. The Morgan fingerprint density at radius 2 is 2.33 bits per heavy atom. The highest BCUT2D eigenvalue weighted by molar-refractivity contribution is 6.33. The van der Waals surface area contributed by atoms with Gasteiger partial charge in [0, 0.05) is 6.20 Å². The summed E-state index contributed by atoms with van der Waals surface area (Å²) in [6.07, 6.45) is 2.91. The van der Waals surface area contributed by atoms with Crippen molar-refractivity contribution >= 4 is 7.32 Å². The van der Waals surface area contributed by atoms with Gasteiger partial charge in [0.05, 0.1) is 6.20 Å². The molecule has 1 rings (SSSR count). The molecule has 12 heavy (non-hydrogen) atoms. The first-order chi connectivity index (χ1) is 5.83. The summed E-state index contributed by atoms with van der Waals surface area (Å²) in [5, 5.41) is 16.3. The van der Waals surface area contributed by atoms with E-state index < -0.39 is 7.32 Å². The van der Waals surface area contributed by atoms with Crippen LogP contribution in [0.25, 0.3) is 0 Å². The predicted molar refractivity (Wildman–Crippen MR) is 37.6 cm³/mol. The third-order valence-electron chi connectivity index (χ3n) is 0.951. The number of hydrogen-bond acceptors (Lipinski definition) is 6. The van der Waals surface area contributed by atoms with Gasteiger partial charge in [-0.2, -0.15) is 4.81 Å². The molecule has 0 aliphatic carbocycles. The summed E-state index contributed by atoms with van der Waals surface area (Å²) >= 11 is 0. The molecule has 0 amide bonds. The van der Waals surface area contributed by atoms with E-state index in [1.54, 1.807) is 18.3 Å². The van der Waals surface area contributed by atoms with Gasteiger partial charge in [-0.1, -0.05) is 0 Å². The second kappa shape index (κ2) is 4.68. The van der Waals surface area contributed by atoms with Gasteiger partial charge in [0.1, 0.15) is 0 Å². The molecule has 7 heteroatoms. The van der Waals surface area contributed by atoms with E-state index in [1.165, 1.54) is 6.20 Å². The molecule has 0 bridgehead atoms. The fourth-order valence-corrected chi connectivity index (χ4v) is 0.511. The van der Waals surface area contributed by atoms with Gasteiger partial charge in [-0.05, 0) is 12.1 Å². The molecular formula is C5H6BNO5. The zero-order chi connectivity index (χ0) is 8.81. The first-order valence-electron chi connectivity index (χ1n) is 3.04. The Labute approximate surface area is 68.4 Å². The van der Waals surface area contributed by atoms with Gasteiger partial charge in [0.15, 0.2) is 5.75 Å². The third kappa shape index (κ3) is 2.85. The molecule has 0 saturated carbocycles. The lowest BCUT2D eigenvalue weighted by molar-refractivity contribution is -0.229. The lowest BCUT2D eigenvalue weighted by atomic mass is 10.3. The Hall–Kier alpha value is -1.15. The zero-order valence-electron chi connectivity index (χ0n) is 5.95. The number of pyridine rings is 1. The van der Waals surface area contributed by atoms with Crippen LogP contribution < -0.4 is 4.89 Å². The number of hydrogen-bond donors (Lipinski definition) is 2. The minimum Gasteiger partial charge on any atom is -0.398 e. The average Bonchev–Trinajstić information content (AvgIpc) is 2.16. The van der Waals surface area contributed by atoms with Crippen LogP contribution in [0.3, 0.4) is 0 Å². The second-order valence-corrected chi connectivity index (χ2v) is 1.78. The molecule has 0 spiro atoms. The highest BCUT2D eigenvalue weighted by Gasteiger charge is 2.17. The lowest BCUT2D eigenvalue weighted by Gasteiger charge is -2.03. The standard InChI is InChI=1S/C5H6BNO5/c8-6(11-9)12-10-5-2-1-3-7-4-5/h1-4,8-9H. The summed E-state index contributed by atoms with van der Waals surface area (Å²) in [6.45, 7) is 0. The fourth-order valence-electron chi connectivity index (χ4n) is 0.511. The normalized spacial score (nSPS) is 9.50. The summed E-state index contributed by atoms with van der Waals surface area (Å²) in [7, 11) is -1.83. The third-order valence-corrected chi connectivity index (χ3v) is 0.951. The SMILES string of the molecule is OOB(O)OOc1cccnc1. The minimum atomic E-state index is -1.83. The summed E-state index contributed by atoms with van der Waals surface area (Å²) in [5.41, 5.74) is 0. The van der Waals surface area contributed by atoms with Gasteiger partial charge < -0.3 is 9.91 Å². The molecule has 0 aromatic carbocycles. The monoisotopic (exact) mass is 171 g/mol. The predicted octanol–water partition coefficient (Wildman–Crippen LogP) is -0.141. The quantitative estimate of drug-likeness (QED) is 0.372. The molecule has 1 aromatic rings. The molecule has 6 nitrogen and oxygen atoms in total. The summed E-state index contributed by atoms with van der Waals surface area (Å²) in [4.78, 5) is 15.6. The zero-order valence-corrected chi connectivity index (χ0v) is 5.95. The highest BCUT2D eigenvalue weighted by Crippen LogP contribution is 2.06. The molecule has 2 N–H and O–H groups in total. The van der Waals surface area contributed by atoms with Crippen molar-refractivity contribution in [2.24, 2.45) is 0 Å². The Bertz CT molecular complexity index is 220. The molecule has 0 saturated heterocycles. The van der Waals surface area contributed by atoms with Crippen molar-refractivity contribution < 1.29 is 24.8 Å². The van der Waals surface area contributed by atoms with Crippen LogP contribution in [0.2, 0.25) is 0 Å². The maximum atomic E-state index is 8.48. The summed E-state index contributed by atoms with van der Waals surface area (Å²) in [5.74, 6) is 0.286. The molecule has 0 radical (unpaired) electrons. The van der Waals surface area contributed by atoms with E-state index in [0.29, 0.717) is 0 Å². The van der Waals surface area contributed by atoms with Crippen molar-refractivity contribution in [2.75, 3.05) is 0 Å². The van der Waals surface area contributed by atoms with E-state index in [-0.39, 0.29) is 5.75 Å². The van der Waals surface area contributed by atoms with Crippen LogP contribution in [0.15, 0.2) is 24.5 Å². The smallest absolute Gasteiger partial charge is 0.398 e. The van der Waals surface area contributed by atoms with Gasteiger partial charge in [0.2, 0.25) is 0 Å². The van der Waals surface area contributed by atoms with Crippen LogP contribution in [-0.2, 0) is 9.61 Å². The first-order valence-corrected chi connectivity index (χ1v) is 3.04. The fraction of sp³-hybridized carbons (Fsp3) is 0. The van der Waals surface area contributed by atoms with Crippen LogP contribution in [0.5, 0.6) is 5.75 Å². The average molecular weight is 171 g/mol. The van der Waals surface area contributed by atoms with Crippen molar-refractivity contribution in [3.63, 3.8) is 0 Å². The van der Waals surface area contributed by atoms with Crippen molar-refractivity contribution in [3.05, 3.63) is 24.5 Å². The number of rotatable bonds is 4. The summed E-state index contributed by atoms with van der Waals surface area (Å²) < 4.78 is 0. The molecule has 0 unspecified atom stereocenters. The van der Waals surface area contributed by atoms with Crippen molar-refractivity contribution in [3.8, 4) is 5.75 Å². The topological polar surface area (TPSA) is 81.0 Å². The van der Waals surface area contributed by atoms with Gasteiger partial charge in [-0.15, -0.1) is 0 Å². The Morgan fingerprint density at radius 3 is 2.92 bits per heavy atom. The molecule has 1 heterocycles. The van der Waals surface area contributed by atoms with E-state index in [0.717, 1.165) is 0 Å². The molecule has 64 valence electrons. The Kier molecular flexibility index (Phi) is 3.49. The van der Waals surface area contributed by atoms with E-state index in [2.05, 4.69) is 19.5 Å². The van der Waals surface area contributed by atoms with Crippen molar-refractivity contribution in [1.82, 2.24) is 4.98 Å². The van der Waals surface area contributed by atoms with Gasteiger partial charge >= 0.3 is 7.32 Å². The van der Waals surface area contributed by atoms with Crippen LogP contribution in [-0.4, -0.2) is 22.6 Å². The van der Waals surface area contributed by atoms with Gasteiger partial charge in [0.25, 0.3) is 0 Å². The maximum Gasteiger partial charge on any atom is 0.703 e. The molecule has 0 aliphatic rings. The van der Waals surface area contributed by atoms with Crippen LogP contribution in [0, 0.1) is 0 Å². The first kappa shape index (κ1) is 8.95. The largest absolute Gasteiger partial charge is 0.703 e. The van der Waals surface area contributed by atoms with E-state index in [1.807, 2.05) is 0 Å². The van der Waals surface area contributed by atoms with Crippen molar-refractivity contribution in [2.45, 2.75) is 0 Å². The lowest BCUT2D eigenvalue weighted by Crippen LogP contribution is -2.22. The van der Waals surface area contributed by atoms with Gasteiger partial charge in [-0.3, -0.25) is 10.2 Å². The Balaban J connectivity index is 2.33. The Morgan fingerprint density at radius 1 is 1.50 bits per heavy atom.